The summed E-state index contributed by atoms with van der Waals surface area (Å²) in [5.41, 5.74) is 0.637. The zero-order chi connectivity index (χ0) is 16.2. The van der Waals surface area contributed by atoms with Crippen molar-refractivity contribution in [1.29, 1.82) is 0 Å². The van der Waals surface area contributed by atoms with Gasteiger partial charge in [0.15, 0.2) is 5.96 Å². The van der Waals surface area contributed by atoms with Gasteiger partial charge >= 0.3 is 0 Å². The summed E-state index contributed by atoms with van der Waals surface area (Å²) >= 11 is 0. The van der Waals surface area contributed by atoms with Crippen molar-refractivity contribution in [2.75, 3.05) is 32.7 Å². The van der Waals surface area contributed by atoms with E-state index in [0.29, 0.717) is 17.5 Å². The molecule has 2 fully saturated rings. The number of hydrogen-bond acceptors (Lipinski definition) is 2. The van der Waals surface area contributed by atoms with Crippen molar-refractivity contribution >= 4 is 5.96 Å². The summed E-state index contributed by atoms with van der Waals surface area (Å²) in [6.45, 7) is 16.6. The van der Waals surface area contributed by atoms with Crippen LogP contribution in [0, 0.1) is 5.41 Å². The number of nitrogens with zero attached hydrogens (tertiary/aromatic N) is 3. The molecule has 0 aromatic rings. The smallest absolute Gasteiger partial charge is 0.193 e. The first kappa shape index (κ1) is 17.6. The average Bonchev–Trinajstić information content (AvgIpc) is 2.86. The molecule has 2 aliphatic rings. The van der Waals surface area contributed by atoms with Crippen molar-refractivity contribution in [2.24, 2.45) is 10.4 Å². The Balaban J connectivity index is 1.90. The lowest BCUT2D eigenvalue weighted by atomic mass is 9.68. The van der Waals surface area contributed by atoms with Gasteiger partial charge in [-0.1, -0.05) is 6.42 Å². The minimum Gasteiger partial charge on any atom is -0.357 e. The van der Waals surface area contributed by atoms with Gasteiger partial charge in [-0.05, 0) is 59.3 Å². The molecule has 2 rings (SSSR count). The average molecular weight is 309 g/mol. The van der Waals surface area contributed by atoms with Gasteiger partial charge in [-0.15, -0.1) is 0 Å². The maximum atomic E-state index is 4.91. The molecule has 4 heteroatoms. The summed E-state index contributed by atoms with van der Waals surface area (Å²) < 4.78 is 0. The predicted octanol–water partition coefficient (Wildman–Crippen LogP) is 2.95. The Bertz CT molecular complexity index is 363. The van der Waals surface area contributed by atoms with Crippen LogP contribution in [0.25, 0.3) is 0 Å². The third-order valence-corrected chi connectivity index (χ3v) is 5.43. The lowest BCUT2D eigenvalue weighted by molar-refractivity contribution is 0.151. The molecular weight excluding hydrogens is 272 g/mol. The highest BCUT2D eigenvalue weighted by Crippen LogP contribution is 2.47. The topological polar surface area (TPSA) is 30.9 Å². The van der Waals surface area contributed by atoms with Crippen LogP contribution in [0.3, 0.4) is 0 Å². The van der Waals surface area contributed by atoms with Crippen LogP contribution in [-0.4, -0.2) is 60.6 Å². The molecule has 4 nitrogen and oxygen atoms in total. The van der Waals surface area contributed by atoms with E-state index in [9.17, 15) is 0 Å². The second-order valence-electron chi connectivity index (χ2n) is 7.69. The van der Waals surface area contributed by atoms with Gasteiger partial charge in [-0.25, -0.2) is 0 Å². The van der Waals surface area contributed by atoms with Crippen molar-refractivity contribution in [3.8, 4) is 0 Å². The first-order chi connectivity index (χ1) is 10.5. The monoisotopic (exact) mass is 308 g/mol. The van der Waals surface area contributed by atoms with E-state index in [1.165, 1.54) is 38.8 Å². The van der Waals surface area contributed by atoms with E-state index in [1.807, 2.05) is 0 Å². The molecule has 0 amide bonds. The fourth-order valence-corrected chi connectivity index (χ4v) is 4.01. The molecule has 1 N–H and O–H groups in total. The van der Waals surface area contributed by atoms with Crippen LogP contribution in [0.4, 0.5) is 0 Å². The third-order valence-electron chi connectivity index (χ3n) is 5.43. The summed E-state index contributed by atoms with van der Waals surface area (Å²) in [6.07, 6.45) is 5.65. The molecule has 22 heavy (non-hydrogen) atoms. The van der Waals surface area contributed by atoms with Gasteiger partial charge in [-0.2, -0.15) is 0 Å². The summed E-state index contributed by atoms with van der Waals surface area (Å²) in [5, 5.41) is 3.50. The van der Waals surface area contributed by atoms with Gasteiger partial charge < -0.3 is 10.2 Å². The number of hydrogen-bond donors (Lipinski definition) is 1. The summed E-state index contributed by atoms with van der Waals surface area (Å²) in [5.74, 6) is 1.14. The van der Waals surface area contributed by atoms with E-state index >= 15 is 0 Å². The van der Waals surface area contributed by atoms with Gasteiger partial charge in [0.25, 0.3) is 0 Å². The van der Waals surface area contributed by atoms with Gasteiger partial charge in [0.1, 0.15) is 0 Å². The molecule has 0 unspecified atom stereocenters. The van der Waals surface area contributed by atoms with Crippen LogP contribution in [0.15, 0.2) is 4.99 Å². The number of aliphatic imine (C=N–C) groups is 1. The van der Waals surface area contributed by atoms with Crippen LogP contribution in [0.2, 0.25) is 0 Å². The molecule has 0 radical (unpaired) electrons. The normalized spacial score (nSPS) is 21.3. The van der Waals surface area contributed by atoms with E-state index in [-0.39, 0.29) is 0 Å². The summed E-state index contributed by atoms with van der Waals surface area (Å²) in [4.78, 5) is 9.93. The Labute approximate surface area is 137 Å². The largest absolute Gasteiger partial charge is 0.357 e. The molecule has 0 aromatic carbocycles. The van der Waals surface area contributed by atoms with E-state index in [2.05, 4.69) is 49.7 Å². The molecule has 1 saturated carbocycles. The van der Waals surface area contributed by atoms with Crippen LogP contribution < -0.4 is 5.32 Å². The molecular formula is C18H36N4. The molecule has 1 saturated heterocycles. The van der Waals surface area contributed by atoms with Gasteiger partial charge in [-0.3, -0.25) is 9.89 Å². The SMILES string of the molecule is CCNC(=NCCN(C(C)C)C(C)C)N1CCC2(CCC2)C1. The zero-order valence-corrected chi connectivity index (χ0v) is 15.4. The van der Waals surface area contributed by atoms with Crippen molar-refractivity contribution in [2.45, 2.75) is 72.4 Å². The third kappa shape index (κ3) is 4.15. The molecule has 1 aliphatic carbocycles. The minimum absolute atomic E-state index is 0.586. The van der Waals surface area contributed by atoms with E-state index in [0.717, 1.165) is 25.6 Å². The van der Waals surface area contributed by atoms with Crippen LogP contribution in [0.1, 0.15) is 60.3 Å². The molecule has 1 spiro atoms. The predicted molar refractivity (Wildman–Crippen MR) is 95.4 cm³/mol. The Morgan fingerprint density at radius 2 is 1.86 bits per heavy atom. The number of likely N-dealkylation sites (tertiary alicyclic amines) is 1. The van der Waals surface area contributed by atoms with Gasteiger partial charge in [0.2, 0.25) is 0 Å². The van der Waals surface area contributed by atoms with Crippen LogP contribution in [-0.2, 0) is 0 Å². The molecule has 1 heterocycles. The van der Waals surface area contributed by atoms with Crippen molar-refractivity contribution in [1.82, 2.24) is 15.1 Å². The molecule has 0 aromatic heterocycles. The van der Waals surface area contributed by atoms with Gasteiger partial charge in [0.05, 0.1) is 6.54 Å². The summed E-state index contributed by atoms with van der Waals surface area (Å²) in [7, 11) is 0. The Morgan fingerprint density at radius 1 is 1.18 bits per heavy atom. The van der Waals surface area contributed by atoms with E-state index < -0.39 is 0 Å². The lowest BCUT2D eigenvalue weighted by Gasteiger charge is -2.38. The first-order valence-electron chi connectivity index (χ1n) is 9.26. The molecule has 128 valence electrons. The van der Waals surface area contributed by atoms with Crippen LogP contribution >= 0.6 is 0 Å². The molecule has 0 atom stereocenters. The highest BCUT2D eigenvalue weighted by molar-refractivity contribution is 5.80. The fourth-order valence-electron chi connectivity index (χ4n) is 4.01. The zero-order valence-electron chi connectivity index (χ0n) is 15.4. The lowest BCUT2D eigenvalue weighted by Crippen LogP contribution is -2.43. The Kier molecular flexibility index (Phi) is 6.13. The van der Waals surface area contributed by atoms with Crippen molar-refractivity contribution in [3.05, 3.63) is 0 Å². The Morgan fingerprint density at radius 3 is 2.32 bits per heavy atom. The highest BCUT2D eigenvalue weighted by atomic mass is 15.3. The Hall–Kier alpha value is -0.770. The fraction of sp³-hybridized carbons (Fsp3) is 0.944. The number of rotatable bonds is 6. The first-order valence-corrected chi connectivity index (χ1v) is 9.26. The van der Waals surface area contributed by atoms with E-state index in [1.54, 1.807) is 0 Å². The molecule has 1 aliphatic heterocycles. The maximum absolute atomic E-state index is 4.91. The van der Waals surface area contributed by atoms with Crippen molar-refractivity contribution in [3.63, 3.8) is 0 Å². The highest BCUT2D eigenvalue weighted by Gasteiger charge is 2.43. The number of nitrogens with one attached hydrogen (secondary N) is 1. The summed E-state index contributed by atoms with van der Waals surface area (Å²) in [6, 6.07) is 1.17. The number of guanidine groups is 1. The molecule has 0 bridgehead atoms. The van der Waals surface area contributed by atoms with E-state index in [4.69, 9.17) is 4.99 Å². The van der Waals surface area contributed by atoms with Crippen LogP contribution in [0.5, 0.6) is 0 Å². The second-order valence-corrected chi connectivity index (χ2v) is 7.69. The van der Waals surface area contributed by atoms with Gasteiger partial charge in [0, 0.05) is 38.3 Å². The standard InChI is InChI=1S/C18H36N4/c1-6-19-17(20-11-13-22(15(2)3)16(4)5)21-12-10-18(14-21)8-7-9-18/h15-16H,6-14H2,1-5H3,(H,19,20). The minimum atomic E-state index is 0.586. The quantitative estimate of drug-likeness (QED) is 0.604. The second kappa shape index (κ2) is 7.67. The van der Waals surface area contributed by atoms with Crippen molar-refractivity contribution < 1.29 is 0 Å². The maximum Gasteiger partial charge on any atom is 0.193 e.